The van der Waals surface area contributed by atoms with Gasteiger partial charge in [0.05, 0.1) is 0 Å². The Morgan fingerprint density at radius 2 is 1.92 bits per heavy atom. The summed E-state index contributed by atoms with van der Waals surface area (Å²) in [6.45, 7) is 13.5. The van der Waals surface area contributed by atoms with Crippen molar-refractivity contribution in [2.24, 2.45) is 5.92 Å². The van der Waals surface area contributed by atoms with E-state index < -0.39 is 0 Å². The molecular weight excluding hydrogens is 314 g/mol. The lowest BCUT2D eigenvalue weighted by Crippen LogP contribution is -2.06. The van der Waals surface area contributed by atoms with Gasteiger partial charge in [-0.2, -0.15) is 0 Å². The summed E-state index contributed by atoms with van der Waals surface area (Å²) in [5.74, 6) is 0.687. The topological polar surface area (TPSA) is 4.93 Å². The van der Waals surface area contributed by atoms with Gasteiger partial charge in [-0.25, -0.2) is 0 Å². The first-order valence-corrected chi connectivity index (χ1v) is 9.91. The molecule has 0 aliphatic heterocycles. The van der Waals surface area contributed by atoms with Crippen LogP contribution < -0.4 is 0 Å². The van der Waals surface area contributed by atoms with Crippen molar-refractivity contribution in [1.82, 2.24) is 4.57 Å². The number of benzene rings is 1. The number of aromatic nitrogens is 1. The number of nitrogens with zero attached hydrogens (tertiary/aromatic N) is 1. The largest absolute Gasteiger partial charge is 0.347 e. The summed E-state index contributed by atoms with van der Waals surface area (Å²) in [5.41, 5.74) is 3.71. The predicted molar refractivity (Wildman–Crippen MR) is 117 cm³/mol. The Morgan fingerprint density at radius 3 is 2.65 bits per heavy atom. The predicted octanol–water partition coefficient (Wildman–Crippen LogP) is 7.56. The molecule has 1 atom stereocenters. The van der Waals surface area contributed by atoms with E-state index in [1.807, 2.05) is 18.2 Å². The number of fused-ring (bicyclic) bond motifs is 1. The second kappa shape index (κ2) is 10.7. The molecule has 0 N–H and O–H groups in total. The zero-order valence-electron chi connectivity index (χ0n) is 16.5. The first-order chi connectivity index (χ1) is 12.7. The summed E-state index contributed by atoms with van der Waals surface area (Å²) >= 11 is 0. The van der Waals surface area contributed by atoms with Gasteiger partial charge in [-0.1, -0.05) is 101 Å². The standard InChI is InChI=1S/C25H33N/c1-5-8-10-12-15-21(4)19-26-20-24(22(7-3)16-11-9-6-2)23-17-13-14-18-25(23)26/h6-7,9,11,13-14,16-18,20-21H,2-3,5,8,10,12,15,19H2,1,4H3/b11-9-,22-16+. The van der Waals surface area contributed by atoms with Gasteiger partial charge in [-0.3, -0.25) is 0 Å². The molecule has 0 bridgehead atoms. The fraction of sp³-hybridized carbons (Fsp3) is 0.360. The molecule has 26 heavy (non-hydrogen) atoms. The van der Waals surface area contributed by atoms with Crippen molar-refractivity contribution in [3.05, 3.63) is 79.6 Å². The molecule has 1 nitrogen and oxygen atoms in total. The third-order valence-electron chi connectivity index (χ3n) is 4.90. The molecular formula is C25H33N. The molecule has 0 aliphatic carbocycles. The van der Waals surface area contributed by atoms with E-state index in [-0.39, 0.29) is 0 Å². The number of rotatable bonds is 11. The van der Waals surface area contributed by atoms with E-state index in [0.29, 0.717) is 5.92 Å². The molecule has 0 saturated carbocycles. The van der Waals surface area contributed by atoms with Crippen molar-refractivity contribution in [2.75, 3.05) is 0 Å². The summed E-state index contributed by atoms with van der Waals surface area (Å²) in [7, 11) is 0. The first kappa shape index (κ1) is 20.0. The average Bonchev–Trinajstić information content (AvgIpc) is 3.01. The van der Waals surface area contributed by atoms with Gasteiger partial charge >= 0.3 is 0 Å². The van der Waals surface area contributed by atoms with Crippen LogP contribution in [0.2, 0.25) is 0 Å². The van der Waals surface area contributed by atoms with Crippen molar-refractivity contribution in [3.8, 4) is 0 Å². The van der Waals surface area contributed by atoms with Crippen LogP contribution in [0.1, 0.15) is 51.5 Å². The molecule has 0 aliphatic rings. The SMILES string of the molecule is C=C/C=C\C=C(/C=C)c1cn(CC(C)CCCCCC)c2ccccc12. The van der Waals surface area contributed by atoms with Gasteiger partial charge in [-0.05, 0) is 24.0 Å². The van der Waals surface area contributed by atoms with Crippen LogP contribution in [-0.2, 0) is 6.54 Å². The minimum atomic E-state index is 0.687. The second-order valence-electron chi connectivity index (χ2n) is 7.11. The van der Waals surface area contributed by atoms with Crippen LogP contribution in [0.5, 0.6) is 0 Å². The van der Waals surface area contributed by atoms with Crippen LogP contribution in [0.3, 0.4) is 0 Å². The van der Waals surface area contributed by atoms with Crippen molar-refractivity contribution in [3.63, 3.8) is 0 Å². The molecule has 1 heterocycles. The van der Waals surface area contributed by atoms with Gasteiger partial charge in [0.25, 0.3) is 0 Å². The fourth-order valence-electron chi connectivity index (χ4n) is 3.48. The summed E-state index contributed by atoms with van der Waals surface area (Å²) in [6.07, 6.45) is 18.8. The van der Waals surface area contributed by atoms with Gasteiger partial charge in [-0.15, -0.1) is 0 Å². The Bertz CT molecular complexity index is 773. The molecule has 0 saturated heterocycles. The Labute approximate surface area is 159 Å². The van der Waals surface area contributed by atoms with Crippen molar-refractivity contribution < 1.29 is 0 Å². The van der Waals surface area contributed by atoms with E-state index in [4.69, 9.17) is 0 Å². The second-order valence-corrected chi connectivity index (χ2v) is 7.11. The molecule has 2 aromatic rings. The van der Waals surface area contributed by atoms with Crippen LogP contribution in [0.4, 0.5) is 0 Å². The Kier molecular flexibility index (Phi) is 8.21. The fourth-order valence-corrected chi connectivity index (χ4v) is 3.48. The maximum Gasteiger partial charge on any atom is 0.0486 e. The van der Waals surface area contributed by atoms with Gasteiger partial charge in [0.15, 0.2) is 0 Å². The zero-order valence-corrected chi connectivity index (χ0v) is 16.5. The number of para-hydroxylation sites is 1. The molecule has 0 fully saturated rings. The van der Waals surface area contributed by atoms with Gasteiger partial charge in [0.2, 0.25) is 0 Å². The minimum absolute atomic E-state index is 0.687. The molecule has 1 heteroatoms. The molecule has 0 radical (unpaired) electrons. The van der Waals surface area contributed by atoms with Gasteiger partial charge in [0, 0.05) is 29.2 Å². The summed E-state index contributed by atoms with van der Waals surface area (Å²) in [5, 5.41) is 1.30. The summed E-state index contributed by atoms with van der Waals surface area (Å²) in [6, 6.07) is 8.68. The van der Waals surface area contributed by atoms with E-state index in [0.717, 1.165) is 12.1 Å². The summed E-state index contributed by atoms with van der Waals surface area (Å²) in [4.78, 5) is 0. The molecule has 0 spiro atoms. The lowest BCUT2D eigenvalue weighted by Gasteiger charge is -2.13. The number of allylic oxidation sites excluding steroid dienone is 6. The lowest BCUT2D eigenvalue weighted by atomic mass is 10.0. The van der Waals surface area contributed by atoms with Crippen LogP contribution in [-0.4, -0.2) is 4.57 Å². The highest BCUT2D eigenvalue weighted by molar-refractivity contribution is 5.95. The van der Waals surface area contributed by atoms with Crippen LogP contribution in [0, 0.1) is 5.92 Å². The van der Waals surface area contributed by atoms with Gasteiger partial charge < -0.3 is 4.57 Å². The highest BCUT2D eigenvalue weighted by atomic mass is 15.0. The first-order valence-electron chi connectivity index (χ1n) is 9.91. The quantitative estimate of drug-likeness (QED) is 0.292. The Morgan fingerprint density at radius 1 is 1.12 bits per heavy atom. The molecule has 1 unspecified atom stereocenters. The number of unbranched alkanes of at least 4 members (excludes halogenated alkanes) is 3. The van der Waals surface area contributed by atoms with Crippen LogP contribution >= 0.6 is 0 Å². The van der Waals surface area contributed by atoms with Gasteiger partial charge in [0.1, 0.15) is 0 Å². The maximum absolute atomic E-state index is 4.01. The molecule has 138 valence electrons. The minimum Gasteiger partial charge on any atom is -0.347 e. The monoisotopic (exact) mass is 347 g/mol. The van der Waals surface area contributed by atoms with Crippen molar-refractivity contribution >= 4 is 16.5 Å². The third-order valence-corrected chi connectivity index (χ3v) is 4.90. The highest BCUT2D eigenvalue weighted by Crippen LogP contribution is 2.29. The van der Waals surface area contributed by atoms with E-state index in [9.17, 15) is 0 Å². The van der Waals surface area contributed by atoms with Crippen molar-refractivity contribution in [2.45, 2.75) is 52.5 Å². The third kappa shape index (κ3) is 5.36. The van der Waals surface area contributed by atoms with Crippen LogP contribution in [0.15, 0.2) is 74.0 Å². The number of hydrogen-bond donors (Lipinski definition) is 0. The number of hydrogen-bond acceptors (Lipinski definition) is 0. The zero-order chi connectivity index (χ0) is 18.8. The Balaban J connectivity index is 2.25. The molecule has 2 rings (SSSR count). The van der Waals surface area contributed by atoms with E-state index in [1.165, 1.54) is 48.6 Å². The van der Waals surface area contributed by atoms with Crippen molar-refractivity contribution in [1.29, 1.82) is 0 Å². The van der Waals surface area contributed by atoms with Crippen LogP contribution in [0.25, 0.3) is 16.5 Å². The smallest absolute Gasteiger partial charge is 0.0486 e. The lowest BCUT2D eigenvalue weighted by molar-refractivity contribution is 0.433. The van der Waals surface area contributed by atoms with E-state index >= 15 is 0 Å². The molecule has 0 amide bonds. The average molecular weight is 348 g/mol. The molecule has 1 aromatic heterocycles. The Hall–Kier alpha value is -2.28. The summed E-state index contributed by atoms with van der Waals surface area (Å²) < 4.78 is 2.42. The highest BCUT2D eigenvalue weighted by Gasteiger charge is 2.12. The van der Waals surface area contributed by atoms with E-state index in [1.54, 1.807) is 6.08 Å². The maximum atomic E-state index is 4.01. The van der Waals surface area contributed by atoms with E-state index in [2.05, 4.69) is 68.1 Å². The normalized spacial score (nSPS) is 13.4. The molecule has 1 aromatic carbocycles.